The lowest BCUT2D eigenvalue weighted by Gasteiger charge is -2.23. The van der Waals surface area contributed by atoms with Crippen LogP contribution >= 0.6 is 0 Å². The third-order valence-corrected chi connectivity index (χ3v) is 11.1. The lowest BCUT2D eigenvalue weighted by Crippen LogP contribution is -2.24. The van der Waals surface area contributed by atoms with Gasteiger partial charge in [-0.05, 0) is 71.8 Å². The van der Waals surface area contributed by atoms with Crippen LogP contribution in [0.4, 0.5) is 0 Å². The number of benzene rings is 6. The Labute approximate surface area is 342 Å². The minimum absolute atomic E-state index is 0.0299. The van der Waals surface area contributed by atoms with Gasteiger partial charge in [0, 0.05) is 33.0 Å². The van der Waals surface area contributed by atoms with E-state index in [1.54, 1.807) is 77.9 Å². The Balaban J connectivity index is 1.38. The Hall–Kier alpha value is -7.74. The number of nitrogens with zero attached hydrogens (tertiary/aromatic N) is 4. The third-order valence-electron chi connectivity index (χ3n) is 11.1. The van der Waals surface area contributed by atoms with Gasteiger partial charge in [-0.15, -0.1) is 0 Å². The van der Waals surface area contributed by atoms with E-state index in [-0.39, 0.29) is 66.4 Å². The minimum Gasteiger partial charge on any atom is -0.507 e. The van der Waals surface area contributed by atoms with Crippen molar-refractivity contribution in [1.82, 2.24) is 10.0 Å². The van der Waals surface area contributed by atoms with E-state index in [0.717, 1.165) is 12.4 Å². The number of aromatic hydroxyl groups is 6. The maximum atomic E-state index is 13.2. The molecule has 8 rings (SSSR count). The first-order chi connectivity index (χ1) is 28.5. The van der Waals surface area contributed by atoms with Crippen LogP contribution < -0.4 is 0 Å². The van der Waals surface area contributed by atoms with Crippen LogP contribution in [0.2, 0.25) is 0 Å². The molecule has 2 heterocycles. The van der Waals surface area contributed by atoms with Crippen molar-refractivity contribution in [1.29, 1.82) is 0 Å². The largest absolute Gasteiger partial charge is 0.507 e. The highest BCUT2D eigenvalue weighted by Gasteiger charge is 2.37. The van der Waals surface area contributed by atoms with E-state index in [9.17, 15) is 49.8 Å². The van der Waals surface area contributed by atoms with Gasteiger partial charge in [-0.2, -0.15) is 20.2 Å². The predicted octanol–water partition coefficient (Wildman–Crippen LogP) is 8.02. The quantitative estimate of drug-likeness (QED) is 0.0518. The minimum atomic E-state index is -0.714. The van der Waals surface area contributed by atoms with Crippen LogP contribution in [0.3, 0.4) is 0 Å². The maximum Gasteiger partial charge on any atom is 0.282 e. The number of phenols is 6. The summed E-state index contributed by atoms with van der Waals surface area (Å²) in [7, 11) is 0. The van der Waals surface area contributed by atoms with E-state index in [4.69, 9.17) is 0 Å². The van der Waals surface area contributed by atoms with E-state index in [1.165, 1.54) is 24.3 Å². The zero-order chi connectivity index (χ0) is 43.2. The van der Waals surface area contributed by atoms with Crippen molar-refractivity contribution in [2.75, 3.05) is 0 Å². The van der Waals surface area contributed by atoms with Crippen LogP contribution in [-0.4, -0.2) is 76.7 Å². The van der Waals surface area contributed by atoms with Gasteiger partial charge in [0.1, 0.15) is 11.5 Å². The summed E-state index contributed by atoms with van der Waals surface area (Å²) in [5.74, 6) is -6.98. The van der Waals surface area contributed by atoms with Crippen LogP contribution in [0.1, 0.15) is 114 Å². The fourth-order valence-electron chi connectivity index (χ4n) is 8.42. The fourth-order valence-corrected chi connectivity index (χ4v) is 8.42. The Morgan fingerprint density at radius 3 is 1.07 bits per heavy atom. The molecule has 0 bridgehead atoms. The van der Waals surface area contributed by atoms with Gasteiger partial charge in [-0.1, -0.05) is 64.1 Å². The molecular weight excluding hydrogens is 769 g/mol. The number of imide groups is 2. The Morgan fingerprint density at radius 1 is 0.483 bits per heavy atom. The summed E-state index contributed by atoms with van der Waals surface area (Å²) < 4.78 is 0. The molecule has 0 saturated heterocycles. The molecule has 6 aromatic carbocycles. The van der Waals surface area contributed by atoms with Gasteiger partial charge in [0.05, 0.1) is 45.8 Å². The van der Waals surface area contributed by atoms with Gasteiger partial charge in [-0.25, -0.2) is 0 Å². The van der Waals surface area contributed by atoms with E-state index >= 15 is 0 Å². The highest BCUT2D eigenvalue weighted by atomic mass is 16.3. The van der Waals surface area contributed by atoms with Gasteiger partial charge >= 0.3 is 0 Å². The summed E-state index contributed by atoms with van der Waals surface area (Å²) in [4.78, 5) is 52.7. The fraction of sp³-hybridized carbons (Fsp3) is 0.174. The Morgan fingerprint density at radius 2 is 0.783 bits per heavy atom. The van der Waals surface area contributed by atoms with E-state index in [1.807, 2.05) is 0 Å². The normalized spacial score (nSPS) is 14.1. The first-order valence-electron chi connectivity index (χ1n) is 19.0. The van der Waals surface area contributed by atoms with Crippen molar-refractivity contribution in [3.63, 3.8) is 0 Å². The van der Waals surface area contributed by atoms with Crippen molar-refractivity contribution in [3.8, 4) is 45.6 Å². The molecule has 14 nitrogen and oxygen atoms in total. The van der Waals surface area contributed by atoms with Gasteiger partial charge in [-0.3, -0.25) is 19.2 Å². The number of carbonyl (C=O) groups excluding carboxylic acids is 4. The lowest BCUT2D eigenvalue weighted by molar-refractivity contribution is 0.0645. The molecule has 0 aromatic heterocycles. The SMILES string of the molecule is Cc1cc2c(C(C)C)c(O)c(O)c(/C=N\N3C(=O)c4ccccc4C3=O)c2c(O)c1-c1c(C)cc2c(C(C)C)c(O)c(O)c(/C=N\N3C(=O)c4ccccc4C3=O)c2c1O. The molecule has 6 N–H and O–H groups in total. The zero-order valence-electron chi connectivity index (χ0n) is 33.2. The summed E-state index contributed by atoms with van der Waals surface area (Å²) in [5.41, 5.74) is 1.53. The third kappa shape index (κ3) is 5.55. The Bertz CT molecular complexity index is 2750. The molecule has 4 amide bonds. The van der Waals surface area contributed by atoms with Crippen molar-refractivity contribution in [2.45, 2.75) is 53.4 Å². The maximum absolute atomic E-state index is 13.2. The van der Waals surface area contributed by atoms with E-state index < -0.39 is 70.0 Å². The summed E-state index contributed by atoms with van der Waals surface area (Å²) in [5, 5.41) is 80.6. The second-order valence-corrected chi connectivity index (χ2v) is 15.5. The first-order valence-corrected chi connectivity index (χ1v) is 19.0. The Kier molecular flexibility index (Phi) is 9.11. The molecule has 60 heavy (non-hydrogen) atoms. The summed E-state index contributed by atoms with van der Waals surface area (Å²) >= 11 is 0. The number of fused-ring (bicyclic) bond motifs is 4. The van der Waals surface area contributed by atoms with Gasteiger partial charge in [0.15, 0.2) is 23.0 Å². The molecule has 302 valence electrons. The monoisotopic (exact) mass is 806 g/mol. The highest BCUT2D eigenvalue weighted by Crippen LogP contribution is 2.54. The topological polar surface area (TPSA) is 221 Å². The van der Waals surface area contributed by atoms with Crippen molar-refractivity contribution < 1.29 is 49.8 Å². The van der Waals surface area contributed by atoms with Crippen LogP contribution in [0.15, 0.2) is 70.9 Å². The van der Waals surface area contributed by atoms with Gasteiger partial charge in [0.25, 0.3) is 23.6 Å². The second-order valence-electron chi connectivity index (χ2n) is 15.5. The molecular formula is C46H38N4O10. The second kappa shape index (κ2) is 14.0. The number of phenolic OH excluding ortho intramolecular Hbond substituents is 6. The summed E-state index contributed by atoms with van der Waals surface area (Å²) in [6.07, 6.45) is 2.00. The standard InChI is InChI=1S/C46H38N4O10/c1-19(2)31-27-15-21(5)33(39(53)35(27)29(37(51)41(31)55)17-47-49-43(57)23-11-7-8-12-24(23)44(49)58)34-22(6)16-28-32(20(3)4)42(56)38(52)30(36(28)40(34)54)18-48-50-45(59)25-13-9-10-14-26(25)46(50)60/h7-20,51-56H,1-6H3/b47-17-,48-18-. The molecule has 0 saturated carbocycles. The first kappa shape index (κ1) is 39.1. The van der Waals surface area contributed by atoms with E-state index in [2.05, 4.69) is 10.2 Å². The molecule has 0 spiro atoms. The van der Waals surface area contributed by atoms with Gasteiger partial charge in [0.2, 0.25) is 0 Å². The molecule has 0 atom stereocenters. The van der Waals surface area contributed by atoms with Gasteiger partial charge < -0.3 is 30.6 Å². The molecule has 2 aliphatic heterocycles. The number of hydrazone groups is 2. The van der Waals surface area contributed by atoms with Crippen molar-refractivity contribution in [2.24, 2.45) is 10.2 Å². The number of hydrogen-bond donors (Lipinski definition) is 6. The molecule has 14 heteroatoms. The molecule has 6 aromatic rings. The van der Waals surface area contributed by atoms with Crippen molar-refractivity contribution >= 4 is 57.6 Å². The molecule has 0 unspecified atom stereocenters. The smallest absolute Gasteiger partial charge is 0.282 e. The molecule has 0 radical (unpaired) electrons. The van der Waals surface area contributed by atoms with Crippen molar-refractivity contribution in [3.05, 3.63) is 116 Å². The average Bonchev–Trinajstić information content (AvgIpc) is 3.59. The number of amides is 4. The molecule has 2 aliphatic rings. The zero-order valence-corrected chi connectivity index (χ0v) is 33.2. The van der Waals surface area contributed by atoms with Crippen LogP contribution in [0.25, 0.3) is 32.7 Å². The average molecular weight is 807 g/mol. The number of aryl methyl sites for hydroxylation is 2. The van der Waals surface area contributed by atoms with Crippen LogP contribution in [0, 0.1) is 13.8 Å². The predicted molar refractivity (Wildman–Crippen MR) is 224 cm³/mol. The summed E-state index contributed by atoms with van der Waals surface area (Å²) in [6.45, 7) is 10.4. The molecule has 0 fully saturated rings. The number of carbonyl (C=O) groups is 4. The lowest BCUT2D eigenvalue weighted by atomic mass is 9.83. The highest BCUT2D eigenvalue weighted by molar-refractivity contribution is 6.23. The van der Waals surface area contributed by atoms with E-state index in [0.29, 0.717) is 31.9 Å². The van der Waals surface area contributed by atoms with Crippen LogP contribution in [0.5, 0.6) is 34.5 Å². The summed E-state index contributed by atoms with van der Waals surface area (Å²) in [6, 6.07) is 15.6. The number of rotatable bonds is 7. The number of hydrogen-bond acceptors (Lipinski definition) is 12. The molecule has 0 aliphatic carbocycles. The van der Waals surface area contributed by atoms with Crippen LogP contribution in [-0.2, 0) is 0 Å².